The predicted molar refractivity (Wildman–Crippen MR) is 72.5 cm³/mol. The van der Waals surface area contributed by atoms with Gasteiger partial charge in [-0.1, -0.05) is 21.3 Å². The van der Waals surface area contributed by atoms with Crippen molar-refractivity contribution in [3.8, 4) is 0 Å². The average molecular weight is 284 g/mol. The largest absolute Gasteiger partial charge is 0.509 e. The van der Waals surface area contributed by atoms with Crippen molar-refractivity contribution in [2.24, 2.45) is 11.8 Å². The van der Waals surface area contributed by atoms with E-state index in [0.717, 1.165) is 0 Å². The third kappa shape index (κ3) is 1.76. The molecule has 2 aliphatic rings. The average Bonchev–Trinajstić information content (AvgIpc) is 2.73. The molecule has 3 rings (SSSR count). The fraction of sp³-hybridized carbons (Fsp3) is 0.467. The lowest BCUT2D eigenvalue weighted by molar-refractivity contribution is 0.320. The Hall–Kier alpha value is -1.78. The van der Waals surface area contributed by atoms with Crippen LogP contribution in [0.15, 0.2) is 15.9 Å². The van der Waals surface area contributed by atoms with E-state index >= 15 is 0 Å². The van der Waals surface area contributed by atoms with Crippen LogP contribution in [0.4, 0.5) is 8.78 Å². The molecule has 0 saturated heterocycles. The van der Waals surface area contributed by atoms with Crippen LogP contribution < -0.4 is 0 Å². The summed E-state index contributed by atoms with van der Waals surface area (Å²) in [4.78, 5) is 0. The number of aliphatic hydroxyl groups excluding tert-OH is 2. The summed E-state index contributed by atoms with van der Waals surface area (Å²) in [6.07, 6.45) is 0.822. The van der Waals surface area contributed by atoms with Crippen LogP contribution in [0.3, 0.4) is 0 Å². The van der Waals surface area contributed by atoms with Gasteiger partial charge >= 0.3 is 0 Å². The summed E-state index contributed by atoms with van der Waals surface area (Å²) in [5.74, 6) is -3.29. The van der Waals surface area contributed by atoms with Gasteiger partial charge in [-0.25, -0.2) is 0 Å². The number of fused-ring (bicyclic) bond motifs is 3. The number of halogens is 2. The molecule has 2 N–H and O–H groups in total. The molecule has 0 amide bonds. The van der Waals surface area contributed by atoms with Crippen molar-refractivity contribution < 1.29 is 23.4 Å². The highest BCUT2D eigenvalue weighted by atomic mass is 19.1. The molecule has 1 aromatic rings. The zero-order valence-electron chi connectivity index (χ0n) is 10.6. The van der Waals surface area contributed by atoms with E-state index in [4.69, 9.17) is 4.42 Å². The van der Waals surface area contributed by atoms with E-state index in [1.807, 2.05) is 0 Å². The van der Waals surface area contributed by atoms with E-state index in [0.29, 0.717) is 24.0 Å². The summed E-state index contributed by atoms with van der Waals surface area (Å²) in [5, 5.41) is 19.2. The van der Waals surface area contributed by atoms with E-state index in [9.17, 15) is 19.0 Å². The maximum absolute atomic E-state index is 14.0. The first kappa shape index (κ1) is 14.6. The number of allylic oxidation sites excluding steroid dienone is 2. The standard InChI is InChI=1S/C14H14F2O3.CH4/c1-5-3-7-8-4-6(2)12(18)10(16)14(8)19-13(7)9(15)11(5)17;/h5-6,17-18H,3-4H2,1-2H3;1H4. The van der Waals surface area contributed by atoms with Gasteiger partial charge in [-0.2, -0.15) is 8.78 Å². The highest BCUT2D eigenvalue weighted by molar-refractivity contribution is 5.71. The van der Waals surface area contributed by atoms with Crippen LogP contribution in [0.25, 0.3) is 11.7 Å². The number of rotatable bonds is 0. The molecule has 0 aliphatic heterocycles. The fourth-order valence-corrected chi connectivity index (χ4v) is 2.76. The van der Waals surface area contributed by atoms with Crippen LogP contribution in [0, 0.1) is 11.8 Å². The summed E-state index contributed by atoms with van der Waals surface area (Å²) in [6.45, 7) is 3.40. The Balaban J connectivity index is 0.00000147. The van der Waals surface area contributed by atoms with Crippen LogP contribution in [-0.4, -0.2) is 10.2 Å². The molecule has 2 atom stereocenters. The van der Waals surface area contributed by atoms with Crippen LogP contribution in [0.2, 0.25) is 0 Å². The highest BCUT2D eigenvalue weighted by Gasteiger charge is 2.37. The van der Waals surface area contributed by atoms with E-state index < -0.39 is 11.7 Å². The smallest absolute Gasteiger partial charge is 0.203 e. The normalized spacial score (nSPS) is 25.2. The van der Waals surface area contributed by atoms with Crippen molar-refractivity contribution in [3.63, 3.8) is 0 Å². The lowest BCUT2D eigenvalue weighted by Crippen LogP contribution is -2.15. The van der Waals surface area contributed by atoms with Crippen LogP contribution in [-0.2, 0) is 12.8 Å². The molecule has 0 bridgehead atoms. The first-order chi connectivity index (χ1) is 8.91. The van der Waals surface area contributed by atoms with Gasteiger partial charge in [0.05, 0.1) is 0 Å². The van der Waals surface area contributed by atoms with Gasteiger partial charge in [0.1, 0.15) is 11.5 Å². The molecule has 0 radical (unpaired) electrons. The van der Waals surface area contributed by atoms with Gasteiger partial charge in [0.2, 0.25) is 11.7 Å². The molecule has 1 aromatic heterocycles. The van der Waals surface area contributed by atoms with E-state index in [2.05, 4.69) is 0 Å². The topological polar surface area (TPSA) is 53.6 Å². The summed E-state index contributed by atoms with van der Waals surface area (Å²) < 4.78 is 33.1. The zero-order chi connectivity index (χ0) is 13.9. The van der Waals surface area contributed by atoms with E-state index in [1.165, 1.54) is 0 Å². The molecule has 0 spiro atoms. The lowest BCUT2D eigenvalue weighted by Gasteiger charge is -2.20. The highest BCUT2D eigenvalue weighted by Crippen LogP contribution is 2.45. The van der Waals surface area contributed by atoms with Crippen molar-refractivity contribution in [1.82, 2.24) is 0 Å². The maximum Gasteiger partial charge on any atom is 0.203 e. The Morgan fingerprint density at radius 2 is 1.25 bits per heavy atom. The SMILES string of the molecule is C.CC1Cc2c(oc3c2CC(C)C(O)=C3F)C(F)=C1O. The number of furan rings is 1. The third-order valence-electron chi connectivity index (χ3n) is 3.92. The van der Waals surface area contributed by atoms with Crippen LogP contribution in [0.1, 0.15) is 43.9 Å². The Bertz CT molecular complexity index is 573. The Kier molecular flexibility index (Phi) is 3.40. The van der Waals surface area contributed by atoms with Crippen molar-refractivity contribution >= 4 is 11.7 Å². The van der Waals surface area contributed by atoms with Gasteiger partial charge < -0.3 is 14.6 Å². The third-order valence-corrected chi connectivity index (χ3v) is 3.92. The quantitative estimate of drug-likeness (QED) is 0.726. The van der Waals surface area contributed by atoms with Gasteiger partial charge in [-0.05, 0) is 12.8 Å². The van der Waals surface area contributed by atoms with Crippen LogP contribution >= 0.6 is 0 Å². The molecule has 1 heterocycles. The second-order valence-electron chi connectivity index (χ2n) is 5.33. The molecular weight excluding hydrogens is 266 g/mol. The Labute approximate surface area is 116 Å². The first-order valence-corrected chi connectivity index (χ1v) is 6.24. The molecule has 110 valence electrons. The lowest BCUT2D eigenvalue weighted by atomic mass is 9.84. The molecule has 0 saturated carbocycles. The second kappa shape index (κ2) is 4.65. The Morgan fingerprint density at radius 1 is 0.900 bits per heavy atom. The van der Waals surface area contributed by atoms with E-state index in [-0.39, 0.29) is 42.3 Å². The van der Waals surface area contributed by atoms with Gasteiger partial charge in [0.15, 0.2) is 11.5 Å². The van der Waals surface area contributed by atoms with Gasteiger partial charge in [-0.15, -0.1) is 0 Å². The molecule has 20 heavy (non-hydrogen) atoms. The van der Waals surface area contributed by atoms with Crippen LogP contribution in [0.5, 0.6) is 0 Å². The minimum absolute atomic E-state index is 0. The zero-order valence-corrected chi connectivity index (χ0v) is 10.6. The maximum atomic E-state index is 14.0. The molecule has 0 aromatic carbocycles. The number of hydrogen-bond acceptors (Lipinski definition) is 3. The van der Waals surface area contributed by atoms with Crippen molar-refractivity contribution in [1.29, 1.82) is 0 Å². The summed E-state index contributed by atoms with van der Waals surface area (Å²) >= 11 is 0. The molecular formula is C15H18F2O3. The molecule has 3 nitrogen and oxygen atoms in total. The second-order valence-corrected chi connectivity index (χ2v) is 5.33. The molecule has 2 unspecified atom stereocenters. The summed E-state index contributed by atoms with van der Waals surface area (Å²) in [5.41, 5.74) is 1.21. The van der Waals surface area contributed by atoms with Crippen molar-refractivity contribution in [3.05, 3.63) is 34.2 Å². The minimum Gasteiger partial charge on any atom is -0.509 e. The predicted octanol–water partition coefficient (Wildman–Crippen LogP) is 4.69. The van der Waals surface area contributed by atoms with E-state index in [1.54, 1.807) is 13.8 Å². The van der Waals surface area contributed by atoms with Crippen molar-refractivity contribution in [2.75, 3.05) is 0 Å². The Morgan fingerprint density at radius 3 is 1.60 bits per heavy atom. The van der Waals surface area contributed by atoms with Gasteiger partial charge in [0.25, 0.3) is 0 Å². The van der Waals surface area contributed by atoms with Gasteiger partial charge in [-0.3, -0.25) is 0 Å². The molecule has 5 heteroatoms. The fourth-order valence-electron chi connectivity index (χ4n) is 2.76. The number of hydrogen-bond donors (Lipinski definition) is 2. The summed E-state index contributed by atoms with van der Waals surface area (Å²) in [7, 11) is 0. The molecule has 0 fully saturated rings. The van der Waals surface area contributed by atoms with Crippen molar-refractivity contribution in [2.45, 2.75) is 34.1 Å². The van der Waals surface area contributed by atoms with Gasteiger partial charge in [0, 0.05) is 23.0 Å². The minimum atomic E-state index is -0.830. The number of aliphatic hydroxyl groups is 2. The molecule has 2 aliphatic carbocycles. The summed E-state index contributed by atoms with van der Waals surface area (Å²) in [6, 6.07) is 0. The monoisotopic (exact) mass is 284 g/mol. The first-order valence-electron chi connectivity index (χ1n) is 6.24.